The van der Waals surface area contributed by atoms with Gasteiger partial charge in [0.25, 0.3) is 0 Å². The predicted octanol–water partition coefficient (Wildman–Crippen LogP) is 6.66. The third-order valence-corrected chi connectivity index (χ3v) is 12.4. The molecule has 0 spiro atoms. The van der Waals surface area contributed by atoms with Crippen molar-refractivity contribution in [2.45, 2.75) is 127 Å². The van der Waals surface area contributed by atoms with E-state index in [0.717, 1.165) is 77.0 Å². The number of alkyl halides is 5. The molecule has 11 heteroatoms. The summed E-state index contributed by atoms with van der Waals surface area (Å²) >= 11 is 0. The average molecular weight is 635 g/mol. The lowest BCUT2D eigenvalue weighted by molar-refractivity contribution is -0.284. The summed E-state index contributed by atoms with van der Waals surface area (Å²) in [5, 5.41) is 30.4. The molecule has 4 nitrogen and oxygen atoms in total. The first-order chi connectivity index (χ1) is 20.2. The Morgan fingerprint density at radius 3 is 2.26 bits per heavy atom. The van der Waals surface area contributed by atoms with Crippen LogP contribution in [0.2, 0.25) is 0 Å². The molecule has 1 aromatic carbocycles. The molecule has 0 aromatic heterocycles. The summed E-state index contributed by atoms with van der Waals surface area (Å²) in [5.41, 5.74) is 3.12. The van der Waals surface area contributed by atoms with E-state index in [-0.39, 0.29) is 17.3 Å². The highest BCUT2D eigenvalue weighted by Crippen LogP contribution is 2.62. The van der Waals surface area contributed by atoms with Gasteiger partial charge in [0, 0.05) is 28.7 Å². The number of hydrogen-bond donors (Lipinski definition) is 3. The summed E-state index contributed by atoms with van der Waals surface area (Å²) in [6, 6.07) is 5.93. The molecule has 0 amide bonds. The third kappa shape index (κ3) is 8.22. The van der Waals surface area contributed by atoms with Gasteiger partial charge in [0.15, 0.2) is 0 Å². The van der Waals surface area contributed by atoms with E-state index >= 15 is 0 Å². The largest absolute Gasteiger partial charge is 0.488 e. The molecule has 3 N–H and O–H groups in total. The molecule has 7 atom stereocenters. The zero-order valence-electron chi connectivity index (χ0n) is 25.3. The van der Waals surface area contributed by atoms with Crippen molar-refractivity contribution in [3.63, 3.8) is 0 Å². The summed E-state index contributed by atoms with van der Waals surface area (Å²) in [5.74, 6) is -2.50. The van der Waals surface area contributed by atoms with E-state index in [4.69, 9.17) is 0 Å². The lowest BCUT2D eigenvalue weighted by Crippen LogP contribution is -2.47. The molecule has 244 valence electrons. The summed E-state index contributed by atoms with van der Waals surface area (Å²) in [6.45, 7) is 2.28. The topological polar surface area (TPSA) is 77.8 Å². The minimum Gasteiger partial charge on any atom is -0.423 e. The number of rotatable bonds is 15. The minimum atomic E-state index is -5.55. The molecule has 0 bridgehead atoms. The molecule has 0 saturated heterocycles. The molecule has 2 fully saturated rings. The summed E-state index contributed by atoms with van der Waals surface area (Å²) in [7, 11) is -2.84. The van der Waals surface area contributed by atoms with Crippen LogP contribution in [0.15, 0.2) is 18.2 Å². The fourth-order valence-corrected chi connectivity index (χ4v) is 9.67. The predicted molar refractivity (Wildman–Crippen MR) is 161 cm³/mol. The Bertz CT molecular complexity index is 1090. The summed E-state index contributed by atoms with van der Waals surface area (Å²) in [4.78, 5) is 0. The van der Waals surface area contributed by atoms with Gasteiger partial charge < -0.3 is 15.2 Å². The van der Waals surface area contributed by atoms with Crippen molar-refractivity contribution in [3.8, 4) is 0 Å². The Balaban J connectivity index is 1.19. The van der Waals surface area contributed by atoms with Crippen LogP contribution in [0, 0.1) is 23.2 Å². The molecule has 3 aliphatic carbocycles. The Morgan fingerprint density at radius 1 is 0.930 bits per heavy atom. The maximum Gasteiger partial charge on any atom is 0.488 e. The molecule has 4 rings (SSSR count). The number of aliphatic hydroxyl groups is 1. The van der Waals surface area contributed by atoms with Crippen LogP contribution >= 0.6 is 0 Å². The SMILES string of the molecule is CC12CCC3c4ccc(B(O)O)cc4CC(CCCCCCCCCS(=O)CCCC(F)(F)C(F)(F)F)C3C1CCC2O. The van der Waals surface area contributed by atoms with E-state index in [1.165, 1.54) is 11.1 Å². The van der Waals surface area contributed by atoms with Crippen molar-refractivity contribution in [2.24, 2.45) is 23.2 Å². The fourth-order valence-electron chi connectivity index (χ4n) is 8.48. The van der Waals surface area contributed by atoms with Crippen LogP contribution in [-0.2, 0) is 17.2 Å². The van der Waals surface area contributed by atoms with Gasteiger partial charge in [0.05, 0.1) is 6.10 Å². The summed E-state index contributed by atoms with van der Waals surface area (Å²) in [6.07, 6.45) is 5.48. The van der Waals surface area contributed by atoms with Crippen molar-refractivity contribution >= 4 is 23.4 Å². The Morgan fingerprint density at radius 2 is 1.58 bits per heavy atom. The van der Waals surface area contributed by atoms with Crippen molar-refractivity contribution in [1.82, 2.24) is 0 Å². The Hall–Kier alpha value is -1.04. The van der Waals surface area contributed by atoms with Crippen LogP contribution in [-0.4, -0.2) is 56.2 Å². The number of fused-ring (bicyclic) bond motifs is 5. The quantitative estimate of drug-likeness (QED) is 0.115. The lowest BCUT2D eigenvalue weighted by atomic mass is 9.52. The van der Waals surface area contributed by atoms with Crippen LogP contribution in [0.3, 0.4) is 0 Å². The van der Waals surface area contributed by atoms with Crippen LogP contribution in [0.25, 0.3) is 0 Å². The summed E-state index contributed by atoms with van der Waals surface area (Å²) < 4.78 is 74.6. The lowest BCUT2D eigenvalue weighted by Gasteiger charge is -2.53. The highest BCUT2D eigenvalue weighted by molar-refractivity contribution is 7.84. The maximum absolute atomic E-state index is 13.0. The van der Waals surface area contributed by atoms with Crippen molar-refractivity contribution in [1.29, 1.82) is 0 Å². The van der Waals surface area contributed by atoms with E-state index in [1.54, 1.807) is 0 Å². The van der Waals surface area contributed by atoms with E-state index < -0.39 is 42.9 Å². The van der Waals surface area contributed by atoms with Crippen LogP contribution in [0.5, 0.6) is 0 Å². The zero-order valence-corrected chi connectivity index (χ0v) is 26.1. The van der Waals surface area contributed by atoms with E-state index in [2.05, 4.69) is 13.0 Å². The van der Waals surface area contributed by atoms with Gasteiger partial charge >= 0.3 is 19.2 Å². The number of halogens is 5. The molecule has 43 heavy (non-hydrogen) atoms. The number of hydrogen-bond acceptors (Lipinski definition) is 4. The maximum atomic E-state index is 13.0. The molecule has 0 radical (unpaired) electrons. The number of aliphatic hydroxyl groups excluding tert-OH is 1. The standard InChI is InChI=1S/C32H48BF5O4S/c1-30-17-15-26-25-12-11-24(33(40)41)21-23(25)20-22(29(26)27(30)13-14-28(30)39)10-7-5-3-2-4-6-8-18-43(42)19-9-16-31(34,35)32(36,37)38/h11-12,21-22,26-29,39-41H,2-10,13-20H2,1H3. The first kappa shape index (κ1) is 34.8. The second-order valence-electron chi connectivity index (χ2n) is 13.6. The molecule has 3 aliphatic rings. The molecular formula is C32H48BF5O4S. The van der Waals surface area contributed by atoms with E-state index in [1.807, 2.05) is 12.1 Å². The Labute approximate surface area is 255 Å². The van der Waals surface area contributed by atoms with Crippen LogP contribution in [0.1, 0.15) is 114 Å². The van der Waals surface area contributed by atoms with Gasteiger partial charge in [-0.2, -0.15) is 22.0 Å². The Kier molecular flexibility index (Phi) is 11.8. The second kappa shape index (κ2) is 14.6. The normalized spacial score (nSPS) is 29.6. The van der Waals surface area contributed by atoms with Crippen molar-refractivity contribution < 1.29 is 41.3 Å². The van der Waals surface area contributed by atoms with Crippen LogP contribution in [0.4, 0.5) is 22.0 Å². The molecule has 0 heterocycles. The zero-order chi connectivity index (χ0) is 31.4. The van der Waals surface area contributed by atoms with Gasteiger partial charge in [-0.1, -0.05) is 63.6 Å². The van der Waals surface area contributed by atoms with Gasteiger partial charge in [-0.15, -0.1) is 0 Å². The molecule has 2 saturated carbocycles. The fraction of sp³-hybridized carbons (Fsp3) is 0.812. The van der Waals surface area contributed by atoms with Crippen LogP contribution < -0.4 is 5.46 Å². The van der Waals surface area contributed by atoms with Crippen molar-refractivity contribution in [3.05, 3.63) is 29.3 Å². The number of benzene rings is 1. The number of unbranched alkanes of at least 4 members (excludes halogenated alkanes) is 6. The van der Waals surface area contributed by atoms with E-state index in [9.17, 15) is 41.3 Å². The molecule has 1 aromatic rings. The third-order valence-electron chi connectivity index (χ3n) is 10.9. The van der Waals surface area contributed by atoms with Gasteiger partial charge in [-0.05, 0) is 97.0 Å². The monoisotopic (exact) mass is 634 g/mol. The molecule has 7 unspecified atom stereocenters. The first-order valence-corrected chi connectivity index (χ1v) is 17.7. The molecular weight excluding hydrogens is 586 g/mol. The van der Waals surface area contributed by atoms with Crippen molar-refractivity contribution in [2.75, 3.05) is 11.5 Å². The van der Waals surface area contributed by atoms with Gasteiger partial charge in [-0.25, -0.2) is 0 Å². The van der Waals surface area contributed by atoms with Gasteiger partial charge in [-0.3, -0.25) is 4.21 Å². The van der Waals surface area contributed by atoms with Gasteiger partial charge in [0.1, 0.15) is 0 Å². The van der Waals surface area contributed by atoms with E-state index in [0.29, 0.717) is 41.3 Å². The molecule has 0 aliphatic heterocycles. The first-order valence-electron chi connectivity index (χ1n) is 16.2. The van der Waals surface area contributed by atoms with Gasteiger partial charge in [0.2, 0.25) is 0 Å². The average Bonchev–Trinajstić information content (AvgIpc) is 3.24. The highest BCUT2D eigenvalue weighted by Gasteiger charge is 2.57. The second-order valence-corrected chi connectivity index (χ2v) is 15.3. The highest BCUT2D eigenvalue weighted by atomic mass is 32.2. The smallest absolute Gasteiger partial charge is 0.423 e. The minimum absolute atomic E-state index is 0.0179.